The molecular formula is C19H22N4O4S. The number of benzene rings is 1. The lowest BCUT2D eigenvalue weighted by Gasteiger charge is -2.17. The Morgan fingerprint density at radius 2 is 1.68 bits per heavy atom. The number of aryl methyl sites for hydroxylation is 3. The first-order valence-corrected chi connectivity index (χ1v) is 10.8. The predicted molar refractivity (Wildman–Crippen MR) is 103 cm³/mol. The van der Waals surface area contributed by atoms with Gasteiger partial charge in [0.05, 0.1) is 12.8 Å². The molecule has 1 aromatic heterocycles. The van der Waals surface area contributed by atoms with Gasteiger partial charge in [0, 0.05) is 5.69 Å². The van der Waals surface area contributed by atoms with Crippen molar-refractivity contribution in [3.63, 3.8) is 0 Å². The molecule has 2 N–H and O–H groups in total. The van der Waals surface area contributed by atoms with Gasteiger partial charge in [0.25, 0.3) is 15.9 Å². The molecule has 2 aliphatic rings. The summed E-state index contributed by atoms with van der Waals surface area (Å²) in [6.45, 7) is 1.61. The Morgan fingerprint density at radius 3 is 2.29 bits per heavy atom. The summed E-state index contributed by atoms with van der Waals surface area (Å²) < 4.78 is 32.5. The number of hydrogen-bond acceptors (Lipinski definition) is 6. The minimum Gasteiger partial charge on any atom is -0.479 e. The Bertz CT molecular complexity index is 1030. The van der Waals surface area contributed by atoms with E-state index in [0.717, 1.165) is 55.3 Å². The summed E-state index contributed by atoms with van der Waals surface area (Å²) in [6.07, 6.45) is 5.88. The second-order valence-corrected chi connectivity index (χ2v) is 8.80. The zero-order valence-electron chi connectivity index (χ0n) is 15.8. The van der Waals surface area contributed by atoms with Gasteiger partial charge in [-0.2, -0.15) is 5.10 Å². The van der Waals surface area contributed by atoms with Gasteiger partial charge in [-0.25, -0.2) is 17.9 Å². The van der Waals surface area contributed by atoms with Crippen molar-refractivity contribution in [1.29, 1.82) is 0 Å². The van der Waals surface area contributed by atoms with Crippen LogP contribution < -0.4 is 14.8 Å². The van der Waals surface area contributed by atoms with Crippen molar-refractivity contribution in [2.45, 2.75) is 50.3 Å². The van der Waals surface area contributed by atoms with Gasteiger partial charge >= 0.3 is 6.03 Å². The first-order valence-electron chi connectivity index (χ1n) is 9.27. The van der Waals surface area contributed by atoms with E-state index in [2.05, 4.69) is 26.3 Å². The maximum atomic E-state index is 12.7. The first kappa shape index (κ1) is 18.7. The quantitative estimate of drug-likeness (QED) is 0.812. The van der Waals surface area contributed by atoms with Gasteiger partial charge in [-0.05, 0) is 73.8 Å². The molecule has 2 amide bonds. The third-order valence-electron chi connectivity index (χ3n) is 5.27. The highest BCUT2D eigenvalue weighted by atomic mass is 32.2. The minimum absolute atomic E-state index is 0.160. The summed E-state index contributed by atoms with van der Waals surface area (Å²) in [7, 11) is -2.86. The fraction of sp³-hybridized carbons (Fsp3) is 0.421. The standard InChI is InChI=1S/C19H22N4O4S/c1-11-9-16(18(27-2)22-21-11)28(25,26)23-19(24)20-17-14-7-3-5-12(14)10-13-6-4-8-15(13)17/h9-10H,3-8H2,1-2H3,(H2,20,23,24). The molecule has 0 saturated heterocycles. The lowest BCUT2D eigenvalue weighted by atomic mass is 9.99. The number of carbonyl (C=O) groups is 1. The summed E-state index contributed by atoms with van der Waals surface area (Å²) in [6, 6.07) is 2.78. The van der Waals surface area contributed by atoms with E-state index < -0.39 is 16.1 Å². The maximum absolute atomic E-state index is 12.7. The summed E-state index contributed by atoms with van der Waals surface area (Å²) in [5.74, 6) is -0.160. The number of aromatic nitrogens is 2. The summed E-state index contributed by atoms with van der Waals surface area (Å²) >= 11 is 0. The van der Waals surface area contributed by atoms with E-state index in [1.54, 1.807) is 6.92 Å². The molecule has 0 radical (unpaired) electrons. The molecule has 28 heavy (non-hydrogen) atoms. The molecule has 4 rings (SSSR count). The predicted octanol–water partition coefficient (Wildman–Crippen LogP) is 2.28. The van der Waals surface area contributed by atoms with E-state index >= 15 is 0 Å². The second kappa shape index (κ2) is 7.05. The second-order valence-electron chi connectivity index (χ2n) is 7.15. The molecule has 0 saturated carbocycles. The molecule has 8 nitrogen and oxygen atoms in total. The highest BCUT2D eigenvalue weighted by Gasteiger charge is 2.28. The van der Waals surface area contributed by atoms with Crippen molar-refractivity contribution in [1.82, 2.24) is 14.9 Å². The molecule has 9 heteroatoms. The number of rotatable bonds is 4. The van der Waals surface area contributed by atoms with Crippen LogP contribution in [0.4, 0.5) is 10.5 Å². The van der Waals surface area contributed by atoms with Crippen molar-refractivity contribution >= 4 is 21.7 Å². The highest BCUT2D eigenvalue weighted by Crippen LogP contribution is 2.38. The van der Waals surface area contributed by atoms with Crippen molar-refractivity contribution in [3.05, 3.63) is 40.1 Å². The van der Waals surface area contributed by atoms with Crippen LogP contribution in [0.15, 0.2) is 17.0 Å². The van der Waals surface area contributed by atoms with Crippen LogP contribution in [-0.2, 0) is 35.7 Å². The number of nitrogens with one attached hydrogen (secondary N) is 2. The zero-order chi connectivity index (χ0) is 19.9. The molecular weight excluding hydrogens is 380 g/mol. The van der Waals surface area contributed by atoms with Crippen LogP contribution >= 0.6 is 0 Å². The molecule has 0 fully saturated rings. The van der Waals surface area contributed by atoms with Crippen molar-refractivity contribution in [3.8, 4) is 5.88 Å². The van der Waals surface area contributed by atoms with Crippen molar-refractivity contribution in [2.75, 3.05) is 12.4 Å². The van der Waals surface area contributed by atoms with E-state index in [1.807, 2.05) is 0 Å². The van der Waals surface area contributed by atoms with E-state index in [0.29, 0.717) is 5.69 Å². The van der Waals surface area contributed by atoms with Crippen LogP contribution in [0.2, 0.25) is 0 Å². The number of anilines is 1. The van der Waals surface area contributed by atoms with Gasteiger partial charge < -0.3 is 10.1 Å². The minimum atomic E-state index is -4.16. The Kier molecular flexibility index (Phi) is 4.70. The van der Waals surface area contributed by atoms with Crippen LogP contribution in [0.3, 0.4) is 0 Å². The van der Waals surface area contributed by atoms with Crippen LogP contribution in [0.1, 0.15) is 40.8 Å². The number of methoxy groups -OCH3 is 1. The Balaban J connectivity index is 1.62. The number of ether oxygens (including phenoxy) is 1. The monoisotopic (exact) mass is 402 g/mol. The van der Waals surface area contributed by atoms with E-state index in [-0.39, 0.29) is 10.8 Å². The number of sulfonamides is 1. The average Bonchev–Trinajstić information content (AvgIpc) is 3.30. The van der Waals surface area contributed by atoms with Gasteiger partial charge in [0.1, 0.15) is 0 Å². The zero-order valence-corrected chi connectivity index (χ0v) is 16.6. The van der Waals surface area contributed by atoms with Crippen LogP contribution in [0.5, 0.6) is 5.88 Å². The van der Waals surface area contributed by atoms with Gasteiger partial charge in [0.2, 0.25) is 0 Å². The molecule has 0 bridgehead atoms. The molecule has 0 spiro atoms. The van der Waals surface area contributed by atoms with Gasteiger partial charge in [0.15, 0.2) is 4.90 Å². The Morgan fingerprint density at radius 1 is 1.04 bits per heavy atom. The van der Waals surface area contributed by atoms with Gasteiger partial charge in [-0.3, -0.25) is 0 Å². The number of carbonyl (C=O) groups excluding carboxylic acids is 1. The van der Waals surface area contributed by atoms with Crippen LogP contribution in [0, 0.1) is 6.92 Å². The normalized spacial score (nSPS) is 15.1. The lowest BCUT2D eigenvalue weighted by Crippen LogP contribution is -2.35. The third-order valence-corrected chi connectivity index (χ3v) is 6.60. The molecule has 0 aliphatic heterocycles. The molecule has 0 atom stereocenters. The summed E-state index contributed by atoms with van der Waals surface area (Å²) in [5, 5.41) is 10.3. The van der Waals surface area contributed by atoms with Crippen molar-refractivity contribution in [2.24, 2.45) is 0 Å². The smallest absolute Gasteiger partial charge is 0.333 e. The van der Waals surface area contributed by atoms with Gasteiger partial charge in [-0.15, -0.1) is 5.10 Å². The number of fused-ring (bicyclic) bond motifs is 2. The molecule has 2 aliphatic carbocycles. The largest absolute Gasteiger partial charge is 0.479 e. The molecule has 1 aromatic carbocycles. The fourth-order valence-electron chi connectivity index (χ4n) is 4.07. The van der Waals surface area contributed by atoms with E-state index in [4.69, 9.17) is 4.74 Å². The SMILES string of the molecule is COc1nnc(C)cc1S(=O)(=O)NC(=O)Nc1c2c(cc3c1CCC3)CCC2. The fourth-order valence-corrected chi connectivity index (χ4v) is 5.16. The number of urea groups is 1. The summed E-state index contributed by atoms with van der Waals surface area (Å²) in [4.78, 5) is 12.4. The van der Waals surface area contributed by atoms with Crippen LogP contribution in [-0.4, -0.2) is 31.8 Å². The van der Waals surface area contributed by atoms with Crippen LogP contribution in [0.25, 0.3) is 0 Å². The summed E-state index contributed by atoms with van der Waals surface area (Å²) in [5.41, 5.74) is 5.97. The third kappa shape index (κ3) is 3.30. The Hall–Kier alpha value is -2.68. The maximum Gasteiger partial charge on any atom is 0.333 e. The topological polar surface area (TPSA) is 110 Å². The Labute approximate surface area is 163 Å². The van der Waals surface area contributed by atoms with E-state index in [1.165, 1.54) is 24.3 Å². The average molecular weight is 402 g/mol. The molecule has 0 unspecified atom stereocenters. The highest BCUT2D eigenvalue weighted by molar-refractivity contribution is 7.90. The number of nitrogens with zero attached hydrogens (tertiary/aromatic N) is 2. The molecule has 1 heterocycles. The van der Waals surface area contributed by atoms with E-state index in [9.17, 15) is 13.2 Å². The molecule has 2 aromatic rings. The number of hydrogen-bond donors (Lipinski definition) is 2. The number of amides is 2. The first-order chi connectivity index (χ1) is 13.4. The molecule has 148 valence electrons. The van der Waals surface area contributed by atoms with Gasteiger partial charge in [-0.1, -0.05) is 6.07 Å². The lowest BCUT2D eigenvalue weighted by molar-refractivity contribution is 0.256. The van der Waals surface area contributed by atoms with Crippen molar-refractivity contribution < 1.29 is 17.9 Å².